The number of aliphatic carboxylic acids is 1. The highest BCUT2D eigenvalue weighted by Crippen LogP contribution is 2.29. The maximum absolute atomic E-state index is 11.8. The quantitative estimate of drug-likeness (QED) is 0.503. The lowest BCUT2D eigenvalue weighted by Gasteiger charge is -2.00. The number of allylic oxidation sites excluding steroid dienone is 1. The largest absolute Gasteiger partial charge is 0.502 e. The minimum Gasteiger partial charge on any atom is -0.502 e. The molecule has 0 unspecified atom stereocenters. The first-order valence-electron chi connectivity index (χ1n) is 5.94. The van der Waals surface area contributed by atoms with E-state index in [0.29, 0.717) is 11.0 Å². The Hall–Kier alpha value is -2.60. The molecule has 0 aliphatic rings. The van der Waals surface area contributed by atoms with Gasteiger partial charge in [0, 0.05) is 11.0 Å². The topological polar surface area (TPSA) is 83.8 Å². The molecule has 1 aromatic heterocycles. The van der Waals surface area contributed by atoms with Crippen LogP contribution < -0.4 is 4.74 Å². The lowest BCUT2D eigenvalue weighted by Crippen LogP contribution is -2.02. The maximum atomic E-state index is 11.8. The molecular formula is C15H12O5S. The van der Waals surface area contributed by atoms with Gasteiger partial charge in [0.2, 0.25) is 5.76 Å². The second-order valence-corrected chi connectivity index (χ2v) is 5.18. The first kappa shape index (κ1) is 14.8. The van der Waals surface area contributed by atoms with Gasteiger partial charge in [0.05, 0.1) is 12.0 Å². The van der Waals surface area contributed by atoms with Crippen LogP contribution in [0.5, 0.6) is 5.75 Å². The number of carbonyl (C=O) groups is 2. The van der Waals surface area contributed by atoms with Crippen LogP contribution in [0, 0.1) is 0 Å². The van der Waals surface area contributed by atoms with Crippen molar-refractivity contribution in [3.05, 3.63) is 53.1 Å². The summed E-state index contributed by atoms with van der Waals surface area (Å²) in [6.45, 7) is 0. The van der Waals surface area contributed by atoms with E-state index >= 15 is 0 Å². The molecule has 21 heavy (non-hydrogen) atoms. The molecule has 6 heteroatoms. The Bertz CT molecular complexity index is 697. The van der Waals surface area contributed by atoms with Crippen LogP contribution in [0.3, 0.4) is 0 Å². The fourth-order valence-corrected chi connectivity index (χ4v) is 2.56. The summed E-state index contributed by atoms with van der Waals surface area (Å²) in [5.41, 5.74) is 0.922. The summed E-state index contributed by atoms with van der Waals surface area (Å²) in [6.07, 6.45) is 0.700. The van der Waals surface area contributed by atoms with Gasteiger partial charge in [0.15, 0.2) is 5.78 Å². The van der Waals surface area contributed by atoms with Gasteiger partial charge in [-0.05, 0) is 42.0 Å². The van der Waals surface area contributed by atoms with E-state index in [4.69, 9.17) is 14.9 Å². The van der Waals surface area contributed by atoms with Crippen molar-refractivity contribution in [2.45, 2.75) is 0 Å². The second-order valence-electron chi connectivity index (χ2n) is 4.09. The molecule has 2 aromatic rings. The summed E-state index contributed by atoms with van der Waals surface area (Å²) >= 11 is 1.22. The number of hydrogen-bond acceptors (Lipinski definition) is 5. The van der Waals surface area contributed by atoms with Crippen LogP contribution in [0.2, 0.25) is 0 Å². The van der Waals surface area contributed by atoms with Crippen molar-refractivity contribution in [3.8, 4) is 16.2 Å². The van der Waals surface area contributed by atoms with Crippen LogP contribution in [-0.2, 0) is 4.79 Å². The molecule has 2 rings (SSSR count). The zero-order valence-electron chi connectivity index (χ0n) is 11.1. The lowest BCUT2D eigenvalue weighted by atomic mass is 10.2. The molecule has 0 aliphatic heterocycles. The molecule has 0 radical (unpaired) electrons. The monoisotopic (exact) mass is 304 g/mol. The number of thiophene rings is 1. The minimum absolute atomic E-state index is 0.355. The van der Waals surface area contributed by atoms with Crippen molar-refractivity contribution in [3.63, 3.8) is 0 Å². The highest BCUT2D eigenvalue weighted by atomic mass is 32.1. The van der Waals surface area contributed by atoms with Crippen LogP contribution in [0.25, 0.3) is 10.4 Å². The number of methoxy groups -OCH3 is 1. The molecule has 0 spiro atoms. The Kier molecular flexibility index (Phi) is 4.39. The van der Waals surface area contributed by atoms with E-state index < -0.39 is 17.5 Å². The van der Waals surface area contributed by atoms with Gasteiger partial charge in [-0.1, -0.05) is 0 Å². The van der Waals surface area contributed by atoms with Crippen molar-refractivity contribution >= 4 is 23.1 Å². The average Bonchev–Trinajstić information content (AvgIpc) is 2.97. The number of hydrogen-bond donors (Lipinski definition) is 2. The lowest BCUT2D eigenvalue weighted by molar-refractivity contribution is -0.135. The summed E-state index contributed by atoms with van der Waals surface area (Å²) < 4.78 is 5.07. The molecular weight excluding hydrogens is 292 g/mol. The third-order valence-corrected chi connectivity index (χ3v) is 3.86. The Labute approximate surface area is 124 Å². The van der Waals surface area contributed by atoms with Crippen LogP contribution in [0.4, 0.5) is 0 Å². The Morgan fingerprint density at radius 2 is 1.76 bits per heavy atom. The van der Waals surface area contributed by atoms with Gasteiger partial charge in [0.1, 0.15) is 5.75 Å². The summed E-state index contributed by atoms with van der Waals surface area (Å²) in [5.74, 6) is -2.31. The van der Waals surface area contributed by atoms with Crippen LogP contribution in [0.1, 0.15) is 9.67 Å². The van der Waals surface area contributed by atoms with E-state index in [1.54, 1.807) is 19.2 Å². The maximum Gasteiger partial charge on any atom is 0.371 e. The smallest absolute Gasteiger partial charge is 0.371 e. The molecule has 2 N–H and O–H groups in total. The van der Waals surface area contributed by atoms with E-state index in [2.05, 4.69) is 0 Å². The van der Waals surface area contributed by atoms with Gasteiger partial charge >= 0.3 is 5.97 Å². The third-order valence-electron chi connectivity index (χ3n) is 2.71. The molecule has 108 valence electrons. The van der Waals surface area contributed by atoms with E-state index in [1.807, 2.05) is 24.3 Å². The molecule has 5 nitrogen and oxygen atoms in total. The van der Waals surface area contributed by atoms with Gasteiger partial charge in [0.25, 0.3) is 0 Å². The zero-order chi connectivity index (χ0) is 15.4. The van der Waals surface area contributed by atoms with Gasteiger partial charge in [-0.3, -0.25) is 4.79 Å². The molecule has 0 fully saturated rings. The molecule has 1 aromatic carbocycles. The number of carboxylic acids is 1. The standard InChI is InChI=1S/C15H12O5S/c1-20-10-4-2-9(3-5-10)13-6-7-14(21-13)11(16)8-12(17)15(18)19/h2-8,17H,1H3,(H,18,19)/b12-8+. The first-order chi connectivity index (χ1) is 10.0. The van der Waals surface area contributed by atoms with Gasteiger partial charge in [-0.25, -0.2) is 4.79 Å². The molecule has 1 heterocycles. The number of ketones is 1. The molecule has 0 bridgehead atoms. The normalized spacial score (nSPS) is 11.2. The van der Waals surface area contributed by atoms with Gasteiger partial charge in [-0.15, -0.1) is 11.3 Å². The molecule has 0 saturated carbocycles. The number of benzene rings is 1. The number of carboxylic acid groups (broad SMARTS) is 1. The number of rotatable bonds is 5. The predicted molar refractivity (Wildman–Crippen MR) is 79.0 cm³/mol. The third kappa shape index (κ3) is 3.49. The van der Waals surface area contributed by atoms with E-state index in [0.717, 1.165) is 16.2 Å². The molecule has 0 atom stereocenters. The minimum atomic E-state index is -1.53. The van der Waals surface area contributed by atoms with Crippen LogP contribution >= 0.6 is 11.3 Å². The first-order valence-corrected chi connectivity index (χ1v) is 6.75. The molecule has 0 saturated heterocycles. The van der Waals surface area contributed by atoms with Crippen molar-refractivity contribution in [2.75, 3.05) is 7.11 Å². The Morgan fingerprint density at radius 1 is 1.10 bits per heavy atom. The fourth-order valence-electron chi connectivity index (χ4n) is 1.64. The number of aliphatic hydroxyl groups excluding tert-OH is 1. The summed E-state index contributed by atoms with van der Waals surface area (Å²) in [4.78, 5) is 23.5. The van der Waals surface area contributed by atoms with E-state index in [9.17, 15) is 9.59 Å². The Morgan fingerprint density at radius 3 is 2.33 bits per heavy atom. The molecule has 0 amide bonds. The van der Waals surface area contributed by atoms with Gasteiger partial charge < -0.3 is 14.9 Å². The summed E-state index contributed by atoms with van der Waals surface area (Å²) in [7, 11) is 1.58. The average molecular weight is 304 g/mol. The number of aliphatic hydroxyl groups is 1. The molecule has 0 aliphatic carbocycles. The summed E-state index contributed by atoms with van der Waals surface area (Å²) in [6, 6.07) is 10.7. The number of carbonyl (C=O) groups excluding carboxylic acids is 1. The van der Waals surface area contributed by atoms with Crippen LogP contribution in [-0.4, -0.2) is 29.1 Å². The van der Waals surface area contributed by atoms with E-state index in [-0.39, 0.29) is 0 Å². The highest BCUT2D eigenvalue weighted by molar-refractivity contribution is 7.17. The van der Waals surface area contributed by atoms with E-state index in [1.165, 1.54) is 11.3 Å². The van der Waals surface area contributed by atoms with Gasteiger partial charge in [-0.2, -0.15) is 0 Å². The van der Waals surface area contributed by atoms with Crippen molar-refractivity contribution in [2.24, 2.45) is 0 Å². The fraction of sp³-hybridized carbons (Fsp3) is 0.0667. The van der Waals surface area contributed by atoms with Crippen molar-refractivity contribution in [1.29, 1.82) is 0 Å². The SMILES string of the molecule is COc1ccc(-c2ccc(C(=O)/C=C(/O)C(=O)O)s2)cc1. The van der Waals surface area contributed by atoms with Crippen molar-refractivity contribution < 1.29 is 24.5 Å². The number of ether oxygens (including phenoxy) is 1. The zero-order valence-corrected chi connectivity index (χ0v) is 11.9. The summed E-state index contributed by atoms with van der Waals surface area (Å²) in [5, 5.41) is 17.6. The van der Waals surface area contributed by atoms with Crippen molar-refractivity contribution in [1.82, 2.24) is 0 Å². The predicted octanol–water partition coefficient (Wildman–Crippen LogP) is 3.13. The highest BCUT2D eigenvalue weighted by Gasteiger charge is 2.12. The second kappa shape index (κ2) is 6.23. The Balaban J connectivity index is 2.23. The van der Waals surface area contributed by atoms with Crippen LogP contribution in [0.15, 0.2) is 48.2 Å².